The van der Waals surface area contributed by atoms with E-state index in [1.54, 1.807) is 0 Å². The zero-order valence-corrected chi connectivity index (χ0v) is 8.77. The van der Waals surface area contributed by atoms with Gasteiger partial charge in [-0.1, -0.05) is 39.3 Å². The van der Waals surface area contributed by atoms with Crippen molar-refractivity contribution < 1.29 is 0 Å². The van der Waals surface area contributed by atoms with E-state index in [9.17, 15) is 0 Å². The Morgan fingerprint density at radius 2 is 2.17 bits per heavy atom. The van der Waals surface area contributed by atoms with E-state index in [1.165, 1.54) is 31.3 Å². The Morgan fingerprint density at radius 3 is 2.58 bits per heavy atom. The van der Waals surface area contributed by atoms with Crippen molar-refractivity contribution in [3.63, 3.8) is 0 Å². The molecule has 0 aromatic heterocycles. The molecule has 3 unspecified atom stereocenters. The lowest BCUT2D eigenvalue weighted by atomic mass is 9.94. The summed E-state index contributed by atoms with van der Waals surface area (Å²) >= 11 is 0. The van der Waals surface area contributed by atoms with Gasteiger partial charge in [0.1, 0.15) is 0 Å². The zero-order chi connectivity index (χ0) is 9.14. The molecule has 0 saturated heterocycles. The normalized spacial score (nSPS) is 29.9. The van der Waals surface area contributed by atoms with Crippen molar-refractivity contribution in [3.8, 4) is 0 Å². The van der Waals surface area contributed by atoms with Gasteiger partial charge in [-0.05, 0) is 37.0 Å². The summed E-state index contributed by atoms with van der Waals surface area (Å²) in [6.07, 6.45) is 5.21. The number of allylic oxidation sites excluding steroid dienone is 1. The van der Waals surface area contributed by atoms with Gasteiger partial charge in [-0.15, -0.1) is 0 Å². The molecule has 0 aliphatic heterocycles. The second-order valence-corrected chi connectivity index (χ2v) is 4.56. The molecule has 1 fully saturated rings. The summed E-state index contributed by atoms with van der Waals surface area (Å²) in [5.41, 5.74) is 1.46. The molecule has 0 aromatic carbocycles. The predicted molar refractivity (Wildman–Crippen MR) is 55.1 cm³/mol. The van der Waals surface area contributed by atoms with Gasteiger partial charge in [-0.3, -0.25) is 0 Å². The summed E-state index contributed by atoms with van der Waals surface area (Å²) in [5, 5.41) is 0. The van der Waals surface area contributed by atoms with Crippen LogP contribution < -0.4 is 0 Å². The summed E-state index contributed by atoms with van der Waals surface area (Å²) in [4.78, 5) is 0. The second kappa shape index (κ2) is 4.11. The molecule has 0 bridgehead atoms. The van der Waals surface area contributed by atoms with Crippen LogP contribution in [0.3, 0.4) is 0 Å². The number of hydrogen-bond donors (Lipinski definition) is 0. The fraction of sp³-hybridized carbons (Fsp3) is 0.833. The van der Waals surface area contributed by atoms with Crippen molar-refractivity contribution in [3.05, 3.63) is 12.2 Å². The van der Waals surface area contributed by atoms with Gasteiger partial charge >= 0.3 is 0 Å². The molecule has 12 heavy (non-hydrogen) atoms. The first-order valence-electron chi connectivity index (χ1n) is 5.31. The highest BCUT2D eigenvalue weighted by molar-refractivity contribution is 4.98. The Morgan fingerprint density at radius 1 is 1.58 bits per heavy atom. The van der Waals surface area contributed by atoms with Gasteiger partial charge in [0.2, 0.25) is 0 Å². The van der Waals surface area contributed by atoms with E-state index in [2.05, 4.69) is 27.4 Å². The lowest BCUT2D eigenvalue weighted by Crippen LogP contribution is -2.00. The van der Waals surface area contributed by atoms with Crippen LogP contribution in [-0.2, 0) is 0 Å². The minimum atomic E-state index is 0.888. The lowest BCUT2D eigenvalue weighted by molar-refractivity contribution is 0.473. The first-order chi connectivity index (χ1) is 5.65. The van der Waals surface area contributed by atoms with E-state index in [4.69, 9.17) is 0 Å². The molecule has 1 aliphatic rings. The van der Waals surface area contributed by atoms with E-state index in [0.29, 0.717) is 0 Å². The largest absolute Gasteiger partial charge is 0.0999 e. The Labute approximate surface area is 77.1 Å². The van der Waals surface area contributed by atoms with Crippen LogP contribution in [0.5, 0.6) is 0 Å². The molecule has 0 nitrogen and oxygen atoms in total. The molecular formula is C12H22. The van der Waals surface area contributed by atoms with E-state index in [1.807, 2.05) is 0 Å². The molecular weight excluding hydrogens is 144 g/mol. The van der Waals surface area contributed by atoms with Gasteiger partial charge in [0, 0.05) is 0 Å². The fourth-order valence-corrected chi connectivity index (χ4v) is 2.21. The third kappa shape index (κ3) is 2.66. The Hall–Kier alpha value is -0.260. The van der Waals surface area contributed by atoms with Gasteiger partial charge in [0.25, 0.3) is 0 Å². The predicted octanol–water partition coefficient (Wildman–Crippen LogP) is 4.02. The highest BCUT2D eigenvalue weighted by Crippen LogP contribution is 2.45. The van der Waals surface area contributed by atoms with Crippen LogP contribution in [-0.4, -0.2) is 0 Å². The fourth-order valence-electron chi connectivity index (χ4n) is 2.21. The van der Waals surface area contributed by atoms with Crippen molar-refractivity contribution in [1.29, 1.82) is 0 Å². The highest BCUT2D eigenvalue weighted by Gasteiger charge is 2.36. The van der Waals surface area contributed by atoms with Gasteiger partial charge in [0.15, 0.2) is 0 Å². The minimum absolute atomic E-state index is 0.888. The molecule has 0 amide bonds. The average Bonchev–Trinajstić information content (AvgIpc) is 2.67. The van der Waals surface area contributed by atoms with Crippen LogP contribution in [0.15, 0.2) is 12.2 Å². The molecule has 0 N–H and O–H groups in total. The van der Waals surface area contributed by atoms with Gasteiger partial charge in [-0.2, -0.15) is 0 Å². The zero-order valence-electron chi connectivity index (χ0n) is 8.77. The number of hydrogen-bond acceptors (Lipinski definition) is 0. The first-order valence-corrected chi connectivity index (χ1v) is 5.31. The van der Waals surface area contributed by atoms with Crippen LogP contribution in [0.1, 0.15) is 46.5 Å². The van der Waals surface area contributed by atoms with Crippen molar-refractivity contribution in [1.82, 2.24) is 0 Å². The molecule has 3 atom stereocenters. The van der Waals surface area contributed by atoms with Crippen LogP contribution >= 0.6 is 0 Å². The molecule has 1 aliphatic carbocycles. The van der Waals surface area contributed by atoms with Crippen molar-refractivity contribution in [2.75, 3.05) is 0 Å². The third-order valence-corrected chi connectivity index (χ3v) is 3.12. The van der Waals surface area contributed by atoms with Crippen molar-refractivity contribution >= 4 is 0 Å². The molecule has 1 rings (SSSR count). The average molecular weight is 166 g/mol. The molecule has 0 spiro atoms. The summed E-state index contributed by atoms with van der Waals surface area (Å²) in [7, 11) is 0. The summed E-state index contributed by atoms with van der Waals surface area (Å²) in [5.74, 6) is 2.90. The molecule has 0 radical (unpaired) electrons. The smallest absolute Gasteiger partial charge is 0.0294 e. The maximum Gasteiger partial charge on any atom is -0.0294 e. The van der Waals surface area contributed by atoms with Crippen LogP contribution in [0, 0.1) is 17.8 Å². The van der Waals surface area contributed by atoms with Crippen LogP contribution in [0.2, 0.25) is 0 Å². The maximum absolute atomic E-state index is 4.12. The first kappa shape index (κ1) is 9.83. The Kier molecular flexibility index (Phi) is 3.37. The number of rotatable bonds is 5. The highest BCUT2D eigenvalue weighted by atomic mass is 14.4. The maximum atomic E-state index is 4.12. The lowest BCUT2D eigenvalue weighted by Gasteiger charge is -2.11. The standard InChI is InChI=1S/C12H22/c1-5-6-9(2)7-10(3)12-8-11(12)4/h10-12H,2,5-8H2,1,3-4H3. The van der Waals surface area contributed by atoms with Gasteiger partial charge < -0.3 is 0 Å². The van der Waals surface area contributed by atoms with E-state index in [0.717, 1.165) is 17.8 Å². The quantitative estimate of drug-likeness (QED) is 0.541. The summed E-state index contributed by atoms with van der Waals surface area (Å²) in [6, 6.07) is 0. The summed E-state index contributed by atoms with van der Waals surface area (Å²) < 4.78 is 0. The molecule has 0 heterocycles. The van der Waals surface area contributed by atoms with Gasteiger partial charge in [0.05, 0.1) is 0 Å². The van der Waals surface area contributed by atoms with Crippen LogP contribution in [0.25, 0.3) is 0 Å². The Balaban J connectivity index is 2.17. The summed E-state index contributed by atoms with van der Waals surface area (Å²) in [6.45, 7) is 11.1. The SMILES string of the molecule is C=C(CCC)CC(C)C1CC1C. The van der Waals surface area contributed by atoms with E-state index < -0.39 is 0 Å². The second-order valence-electron chi connectivity index (χ2n) is 4.56. The van der Waals surface area contributed by atoms with Crippen molar-refractivity contribution in [2.24, 2.45) is 17.8 Å². The third-order valence-electron chi connectivity index (χ3n) is 3.12. The molecule has 1 saturated carbocycles. The van der Waals surface area contributed by atoms with Crippen molar-refractivity contribution in [2.45, 2.75) is 46.5 Å². The van der Waals surface area contributed by atoms with E-state index in [-0.39, 0.29) is 0 Å². The van der Waals surface area contributed by atoms with Crippen LogP contribution in [0.4, 0.5) is 0 Å². The van der Waals surface area contributed by atoms with E-state index >= 15 is 0 Å². The monoisotopic (exact) mass is 166 g/mol. The Bertz CT molecular complexity index is 157. The minimum Gasteiger partial charge on any atom is -0.0999 e. The van der Waals surface area contributed by atoms with Gasteiger partial charge in [-0.25, -0.2) is 0 Å². The molecule has 70 valence electrons. The topological polar surface area (TPSA) is 0 Å². The molecule has 0 heteroatoms. The molecule has 0 aromatic rings.